The largest absolute Gasteiger partial charge is 0.389 e. The molecule has 24 heavy (non-hydrogen) atoms. The van der Waals surface area contributed by atoms with Gasteiger partial charge in [0.05, 0.1) is 17.6 Å². The third-order valence-corrected chi connectivity index (χ3v) is 5.29. The summed E-state index contributed by atoms with van der Waals surface area (Å²) in [6.07, 6.45) is 2.10. The fourth-order valence-electron chi connectivity index (χ4n) is 2.23. The monoisotopic (exact) mass is 356 g/mol. The van der Waals surface area contributed by atoms with Gasteiger partial charge in [-0.25, -0.2) is 13.1 Å². The molecule has 8 heteroatoms. The second-order valence-electron chi connectivity index (χ2n) is 5.79. The zero-order chi connectivity index (χ0) is 17.6. The highest BCUT2D eigenvalue weighted by atomic mass is 32.2. The number of sulfonamides is 1. The van der Waals surface area contributed by atoms with Crippen molar-refractivity contribution in [3.63, 3.8) is 0 Å². The Balaban J connectivity index is 1.99. The van der Waals surface area contributed by atoms with Gasteiger partial charge in [0.1, 0.15) is 0 Å². The van der Waals surface area contributed by atoms with Gasteiger partial charge in [-0.3, -0.25) is 4.79 Å². The third-order valence-electron chi connectivity index (χ3n) is 3.87. The summed E-state index contributed by atoms with van der Waals surface area (Å²) in [5.41, 5.74) is 0.305. The van der Waals surface area contributed by atoms with Gasteiger partial charge in [0.2, 0.25) is 10.0 Å². The lowest BCUT2D eigenvalue weighted by Gasteiger charge is -2.26. The maximum absolute atomic E-state index is 12.3. The minimum atomic E-state index is -3.80. The zero-order valence-corrected chi connectivity index (χ0v) is 14.5. The van der Waals surface area contributed by atoms with E-state index in [2.05, 4.69) is 10.0 Å². The van der Waals surface area contributed by atoms with Crippen molar-refractivity contribution in [1.29, 1.82) is 0 Å². The van der Waals surface area contributed by atoms with Crippen LogP contribution in [0, 0.1) is 0 Å². The van der Waals surface area contributed by atoms with Crippen molar-refractivity contribution in [1.82, 2.24) is 10.0 Å². The molecule has 1 saturated carbocycles. The molecule has 0 unspecified atom stereocenters. The second-order valence-corrected chi connectivity index (χ2v) is 7.56. The number of ether oxygens (including phenoxy) is 1. The van der Waals surface area contributed by atoms with Crippen LogP contribution in [0.15, 0.2) is 29.2 Å². The number of benzene rings is 1. The average molecular weight is 356 g/mol. The summed E-state index contributed by atoms with van der Waals surface area (Å²) in [6.45, 7) is 2.14. The summed E-state index contributed by atoms with van der Waals surface area (Å²) < 4.78 is 31.9. The molecule has 7 nitrogen and oxygen atoms in total. The Morgan fingerprint density at radius 3 is 2.79 bits per heavy atom. The first-order chi connectivity index (χ1) is 11.4. The van der Waals surface area contributed by atoms with E-state index in [1.54, 1.807) is 13.0 Å². The Bertz CT molecular complexity index is 658. The van der Waals surface area contributed by atoms with Crippen LogP contribution in [0.1, 0.15) is 36.5 Å². The van der Waals surface area contributed by atoms with E-state index in [0.717, 1.165) is 19.3 Å². The van der Waals surface area contributed by atoms with Gasteiger partial charge < -0.3 is 15.2 Å². The summed E-state index contributed by atoms with van der Waals surface area (Å²) in [4.78, 5) is 12.1. The van der Waals surface area contributed by atoms with Crippen LogP contribution in [-0.4, -0.2) is 51.3 Å². The van der Waals surface area contributed by atoms with Crippen LogP contribution in [0.4, 0.5) is 0 Å². The molecule has 0 heterocycles. The molecule has 1 aromatic rings. The maximum atomic E-state index is 12.3. The summed E-state index contributed by atoms with van der Waals surface area (Å²) in [7, 11) is -3.80. The fourth-order valence-corrected chi connectivity index (χ4v) is 3.35. The van der Waals surface area contributed by atoms with Crippen LogP contribution < -0.4 is 10.0 Å². The van der Waals surface area contributed by atoms with E-state index in [9.17, 15) is 18.3 Å². The Labute approximate surface area is 142 Å². The van der Waals surface area contributed by atoms with Crippen molar-refractivity contribution in [2.45, 2.75) is 43.2 Å². The van der Waals surface area contributed by atoms with Gasteiger partial charge >= 0.3 is 0 Å². The first-order valence-corrected chi connectivity index (χ1v) is 9.57. The van der Waals surface area contributed by atoms with Crippen molar-refractivity contribution >= 4 is 15.9 Å². The van der Waals surface area contributed by atoms with Gasteiger partial charge in [-0.05, 0) is 44.4 Å². The number of carbonyl (C=O) groups is 1. The molecular formula is C16H24N2O5S. The molecule has 1 aliphatic carbocycles. The minimum Gasteiger partial charge on any atom is -0.389 e. The van der Waals surface area contributed by atoms with E-state index in [0.29, 0.717) is 12.2 Å². The van der Waals surface area contributed by atoms with Gasteiger partial charge in [0.25, 0.3) is 5.91 Å². The van der Waals surface area contributed by atoms with Crippen LogP contribution in [0.2, 0.25) is 0 Å². The number of aliphatic hydroxyl groups is 1. The summed E-state index contributed by atoms with van der Waals surface area (Å²) in [6, 6.07) is 6.05. The van der Waals surface area contributed by atoms with Crippen molar-refractivity contribution in [3.8, 4) is 0 Å². The number of carbonyl (C=O) groups excluding carboxylic acids is 1. The Morgan fingerprint density at radius 1 is 1.42 bits per heavy atom. The number of amides is 1. The first kappa shape index (κ1) is 18.9. The van der Waals surface area contributed by atoms with E-state index in [-0.39, 0.29) is 30.0 Å². The minimum absolute atomic E-state index is 0.00707. The summed E-state index contributed by atoms with van der Waals surface area (Å²) in [5, 5.41) is 12.5. The van der Waals surface area contributed by atoms with Crippen LogP contribution in [-0.2, 0) is 14.8 Å². The SMILES string of the molecule is CCOC[C@H](O)CNS(=O)(=O)c1cccc(C(=O)NC2CCC2)c1. The Morgan fingerprint density at radius 2 is 2.17 bits per heavy atom. The number of rotatable bonds is 9. The quantitative estimate of drug-likeness (QED) is 0.602. The topological polar surface area (TPSA) is 105 Å². The predicted molar refractivity (Wildman–Crippen MR) is 89.2 cm³/mol. The normalized spacial score (nSPS) is 16.4. The molecule has 3 N–H and O–H groups in total. The highest BCUT2D eigenvalue weighted by Gasteiger charge is 2.22. The number of aliphatic hydroxyl groups excluding tert-OH is 1. The van der Waals surface area contributed by atoms with Crippen molar-refractivity contribution < 1.29 is 23.1 Å². The van der Waals surface area contributed by atoms with Crippen molar-refractivity contribution in [3.05, 3.63) is 29.8 Å². The van der Waals surface area contributed by atoms with E-state index >= 15 is 0 Å². The molecule has 2 rings (SSSR count). The highest BCUT2D eigenvalue weighted by Crippen LogP contribution is 2.19. The smallest absolute Gasteiger partial charge is 0.251 e. The molecule has 1 aromatic carbocycles. The highest BCUT2D eigenvalue weighted by molar-refractivity contribution is 7.89. The van der Waals surface area contributed by atoms with Gasteiger partial charge in [-0.1, -0.05) is 6.07 Å². The molecule has 0 aliphatic heterocycles. The van der Waals surface area contributed by atoms with Crippen LogP contribution >= 0.6 is 0 Å². The Kier molecular flexibility index (Phi) is 6.73. The summed E-state index contributed by atoms with van der Waals surface area (Å²) in [5.74, 6) is -0.270. The van der Waals surface area contributed by atoms with Gasteiger partial charge in [0, 0.05) is 24.8 Å². The van der Waals surface area contributed by atoms with Gasteiger partial charge in [0.15, 0.2) is 0 Å². The molecule has 134 valence electrons. The lowest BCUT2D eigenvalue weighted by atomic mass is 9.93. The molecule has 0 bridgehead atoms. The lowest BCUT2D eigenvalue weighted by molar-refractivity contribution is 0.0456. The first-order valence-electron chi connectivity index (χ1n) is 8.08. The molecule has 0 spiro atoms. The van der Waals surface area contributed by atoms with E-state index in [1.165, 1.54) is 18.2 Å². The average Bonchev–Trinajstić information content (AvgIpc) is 2.54. The fraction of sp³-hybridized carbons (Fsp3) is 0.562. The molecule has 1 aliphatic rings. The molecule has 0 saturated heterocycles. The van der Waals surface area contributed by atoms with Crippen molar-refractivity contribution in [2.75, 3.05) is 19.8 Å². The van der Waals surface area contributed by atoms with E-state index < -0.39 is 16.1 Å². The predicted octanol–water partition coefficient (Wildman–Crippen LogP) is 0.645. The molecule has 1 amide bonds. The van der Waals surface area contributed by atoms with E-state index in [1.807, 2.05) is 0 Å². The summed E-state index contributed by atoms with van der Waals surface area (Å²) >= 11 is 0. The van der Waals surface area contributed by atoms with Crippen LogP contribution in [0.25, 0.3) is 0 Å². The third kappa shape index (κ3) is 5.27. The van der Waals surface area contributed by atoms with Crippen LogP contribution in [0.3, 0.4) is 0 Å². The number of hydrogen-bond donors (Lipinski definition) is 3. The second kappa shape index (κ2) is 8.57. The molecular weight excluding hydrogens is 332 g/mol. The Hall–Kier alpha value is -1.48. The molecule has 0 radical (unpaired) electrons. The number of hydrogen-bond acceptors (Lipinski definition) is 5. The number of nitrogens with one attached hydrogen (secondary N) is 2. The maximum Gasteiger partial charge on any atom is 0.251 e. The molecule has 1 fully saturated rings. The van der Waals surface area contributed by atoms with E-state index in [4.69, 9.17) is 4.74 Å². The standard InChI is InChI=1S/C16H24N2O5S/c1-2-23-11-14(19)10-17-24(21,22)15-8-3-5-12(9-15)16(20)18-13-6-4-7-13/h3,5,8-9,13-14,17,19H,2,4,6-7,10-11H2,1H3,(H,18,20)/t14-/m1/s1. The lowest BCUT2D eigenvalue weighted by Crippen LogP contribution is -2.39. The van der Waals surface area contributed by atoms with Crippen molar-refractivity contribution in [2.24, 2.45) is 0 Å². The van der Waals surface area contributed by atoms with Gasteiger partial charge in [-0.15, -0.1) is 0 Å². The molecule has 0 aromatic heterocycles. The molecule has 1 atom stereocenters. The van der Waals surface area contributed by atoms with Gasteiger partial charge in [-0.2, -0.15) is 0 Å². The van der Waals surface area contributed by atoms with Crippen LogP contribution in [0.5, 0.6) is 0 Å². The zero-order valence-electron chi connectivity index (χ0n) is 13.7.